The van der Waals surface area contributed by atoms with Gasteiger partial charge in [-0.05, 0) is 25.3 Å². The topological polar surface area (TPSA) is 12.0 Å². The van der Waals surface area contributed by atoms with Gasteiger partial charge in [-0.25, -0.2) is 0 Å². The van der Waals surface area contributed by atoms with E-state index < -0.39 is 0 Å². The van der Waals surface area contributed by atoms with Gasteiger partial charge in [-0.15, -0.1) is 0 Å². The first-order valence-corrected chi connectivity index (χ1v) is 5.49. The first kappa shape index (κ1) is 12.0. The average Bonchev–Trinajstić information content (AvgIpc) is 2.11. The number of rotatable bonds is 7. The molecule has 1 nitrogen and oxygen atoms in total. The van der Waals surface area contributed by atoms with E-state index in [0.29, 0.717) is 0 Å². The van der Waals surface area contributed by atoms with Crippen LogP contribution in [0.1, 0.15) is 53.4 Å². The molecule has 0 aromatic heterocycles. The molecule has 0 amide bonds. The standard InChI is InChI=1S/C11H25N/c1-5-8-11(10(4)7-3)12-9-6-2/h10-12H,5-9H2,1-4H3. The summed E-state index contributed by atoms with van der Waals surface area (Å²) in [5, 5.41) is 3.62. The van der Waals surface area contributed by atoms with Crippen LogP contribution in [0.3, 0.4) is 0 Å². The van der Waals surface area contributed by atoms with Gasteiger partial charge in [-0.2, -0.15) is 0 Å². The smallest absolute Gasteiger partial charge is 0.00924 e. The second-order valence-electron chi connectivity index (χ2n) is 3.73. The highest BCUT2D eigenvalue weighted by molar-refractivity contribution is 4.71. The Kier molecular flexibility index (Phi) is 7.58. The van der Waals surface area contributed by atoms with Gasteiger partial charge in [0.15, 0.2) is 0 Å². The maximum Gasteiger partial charge on any atom is 0.00924 e. The third-order valence-electron chi connectivity index (χ3n) is 2.59. The second-order valence-corrected chi connectivity index (χ2v) is 3.73. The van der Waals surface area contributed by atoms with E-state index in [9.17, 15) is 0 Å². The molecule has 0 aliphatic rings. The molecular weight excluding hydrogens is 146 g/mol. The molecule has 1 heteroatoms. The zero-order chi connectivity index (χ0) is 9.40. The molecule has 0 radical (unpaired) electrons. The van der Waals surface area contributed by atoms with E-state index in [4.69, 9.17) is 0 Å². The van der Waals surface area contributed by atoms with Crippen molar-refractivity contribution in [1.82, 2.24) is 5.32 Å². The lowest BCUT2D eigenvalue weighted by atomic mass is 9.95. The Balaban J connectivity index is 3.68. The summed E-state index contributed by atoms with van der Waals surface area (Å²) in [4.78, 5) is 0. The van der Waals surface area contributed by atoms with Crippen molar-refractivity contribution in [2.75, 3.05) is 6.54 Å². The summed E-state index contributed by atoms with van der Waals surface area (Å²) < 4.78 is 0. The van der Waals surface area contributed by atoms with E-state index in [2.05, 4.69) is 33.0 Å². The lowest BCUT2D eigenvalue weighted by Gasteiger charge is -2.23. The maximum atomic E-state index is 3.62. The molecule has 2 atom stereocenters. The summed E-state index contributed by atoms with van der Waals surface area (Å²) in [5.74, 6) is 0.830. The zero-order valence-electron chi connectivity index (χ0n) is 9.19. The molecule has 0 aliphatic carbocycles. The zero-order valence-corrected chi connectivity index (χ0v) is 9.19. The molecule has 0 bridgehead atoms. The predicted octanol–water partition coefficient (Wildman–Crippen LogP) is 3.20. The first-order valence-electron chi connectivity index (χ1n) is 5.49. The highest BCUT2D eigenvalue weighted by Gasteiger charge is 2.12. The van der Waals surface area contributed by atoms with Gasteiger partial charge < -0.3 is 5.32 Å². The summed E-state index contributed by atoms with van der Waals surface area (Å²) in [6, 6.07) is 0.750. The van der Waals surface area contributed by atoms with Gasteiger partial charge in [-0.1, -0.05) is 40.5 Å². The van der Waals surface area contributed by atoms with Crippen LogP contribution in [-0.4, -0.2) is 12.6 Å². The van der Waals surface area contributed by atoms with Crippen molar-refractivity contribution >= 4 is 0 Å². The fraction of sp³-hybridized carbons (Fsp3) is 1.00. The summed E-state index contributed by atoms with van der Waals surface area (Å²) in [6.45, 7) is 10.3. The van der Waals surface area contributed by atoms with Crippen LogP contribution < -0.4 is 5.32 Å². The Morgan fingerprint density at radius 1 is 1.08 bits per heavy atom. The third-order valence-corrected chi connectivity index (χ3v) is 2.59. The Labute approximate surface area is 77.9 Å². The third kappa shape index (κ3) is 4.76. The van der Waals surface area contributed by atoms with Crippen LogP contribution in [0.4, 0.5) is 0 Å². The number of hydrogen-bond donors (Lipinski definition) is 1. The van der Waals surface area contributed by atoms with E-state index in [-0.39, 0.29) is 0 Å². The number of hydrogen-bond acceptors (Lipinski definition) is 1. The van der Waals surface area contributed by atoms with Crippen LogP contribution >= 0.6 is 0 Å². The summed E-state index contributed by atoms with van der Waals surface area (Å²) >= 11 is 0. The molecule has 12 heavy (non-hydrogen) atoms. The Morgan fingerprint density at radius 3 is 2.17 bits per heavy atom. The van der Waals surface area contributed by atoms with Gasteiger partial charge in [0.1, 0.15) is 0 Å². The predicted molar refractivity (Wildman–Crippen MR) is 56.4 cm³/mol. The van der Waals surface area contributed by atoms with Crippen LogP contribution in [0, 0.1) is 5.92 Å². The fourth-order valence-electron chi connectivity index (χ4n) is 1.51. The summed E-state index contributed by atoms with van der Waals surface area (Å²) in [6.07, 6.45) is 5.17. The quantitative estimate of drug-likeness (QED) is 0.620. The molecule has 0 rings (SSSR count). The molecule has 2 unspecified atom stereocenters. The van der Waals surface area contributed by atoms with Crippen LogP contribution in [0.15, 0.2) is 0 Å². The molecule has 1 N–H and O–H groups in total. The Hall–Kier alpha value is -0.0400. The van der Waals surface area contributed by atoms with Crippen molar-refractivity contribution in [1.29, 1.82) is 0 Å². The van der Waals surface area contributed by atoms with Gasteiger partial charge in [0, 0.05) is 6.04 Å². The van der Waals surface area contributed by atoms with Crippen molar-refractivity contribution in [2.45, 2.75) is 59.4 Å². The van der Waals surface area contributed by atoms with Crippen LogP contribution in [-0.2, 0) is 0 Å². The summed E-state index contributed by atoms with van der Waals surface area (Å²) in [5.41, 5.74) is 0. The van der Waals surface area contributed by atoms with Crippen molar-refractivity contribution in [2.24, 2.45) is 5.92 Å². The highest BCUT2D eigenvalue weighted by Crippen LogP contribution is 2.12. The van der Waals surface area contributed by atoms with Crippen molar-refractivity contribution < 1.29 is 0 Å². The molecule has 0 saturated carbocycles. The minimum atomic E-state index is 0.750. The van der Waals surface area contributed by atoms with E-state index in [1.165, 1.54) is 32.2 Å². The minimum Gasteiger partial charge on any atom is -0.314 e. The second kappa shape index (κ2) is 7.60. The molecule has 0 aromatic carbocycles. The van der Waals surface area contributed by atoms with E-state index in [1.54, 1.807) is 0 Å². The van der Waals surface area contributed by atoms with Crippen molar-refractivity contribution in [3.63, 3.8) is 0 Å². The molecule has 0 spiro atoms. The molecule has 0 aromatic rings. The maximum absolute atomic E-state index is 3.62. The molecule has 0 heterocycles. The van der Waals surface area contributed by atoms with Gasteiger partial charge in [0.25, 0.3) is 0 Å². The Bertz CT molecular complexity index is 91.0. The van der Waals surface area contributed by atoms with E-state index in [1.807, 2.05) is 0 Å². The van der Waals surface area contributed by atoms with E-state index in [0.717, 1.165) is 12.0 Å². The van der Waals surface area contributed by atoms with Crippen molar-refractivity contribution in [3.05, 3.63) is 0 Å². The van der Waals surface area contributed by atoms with Gasteiger partial charge in [0.05, 0.1) is 0 Å². The normalized spacial score (nSPS) is 16.0. The number of nitrogens with one attached hydrogen (secondary N) is 1. The lowest BCUT2D eigenvalue weighted by Crippen LogP contribution is -2.35. The van der Waals surface area contributed by atoms with Crippen molar-refractivity contribution in [3.8, 4) is 0 Å². The molecular formula is C11H25N. The minimum absolute atomic E-state index is 0.750. The molecule has 0 fully saturated rings. The first-order chi connectivity index (χ1) is 5.76. The van der Waals surface area contributed by atoms with Crippen LogP contribution in [0.25, 0.3) is 0 Å². The van der Waals surface area contributed by atoms with Crippen LogP contribution in [0.2, 0.25) is 0 Å². The molecule has 0 aliphatic heterocycles. The Morgan fingerprint density at radius 2 is 1.75 bits per heavy atom. The lowest BCUT2D eigenvalue weighted by molar-refractivity contribution is 0.346. The summed E-state index contributed by atoms with van der Waals surface area (Å²) in [7, 11) is 0. The largest absolute Gasteiger partial charge is 0.314 e. The molecule has 74 valence electrons. The monoisotopic (exact) mass is 171 g/mol. The SMILES string of the molecule is CCCNC(CCC)C(C)CC. The fourth-order valence-corrected chi connectivity index (χ4v) is 1.51. The highest BCUT2D eigenvalue weighted by atomic mass is 14.9. The van der Waals surface area contributed by atoms with Crippen LogP contribution in [0.5, 0.6) is 0 Å². The molecule has 0 saturated heterocycles. The van der Waals surface area contributed by atoms with Gasteiger partial charge in [-0.3, -0.25) is 0 Å². The van der Waals surface area contributed by atoms with Gasteiger partial charge in [0.2, 0.25) is 0 Å². The average molecular weight is 171 g/mol. The van der Waals surface area contributed by atoms with E-state index >= 15 is 0 Å². The van der Waals surface area contributed by atoms with Gasteiger partial charge >= 0.3 is 0 Å².